The van der Waals surface area contributed by atoms with Crippen molar-refractivity contribution in [3.8, 4) is 17.1 Å². The highest BCUT2D eigenvalue weighted by molar-refractivity contribution is 6.33. The molecule has 1 fully saturated rings. The highest BCUT2D eigenvalue weighted by Crippen LogP contribution is 2.31. The third kappa shape index (κ3) is 2.40. The van der Waals surface area contributed by atoms with E-state index in [-0.39, 0.29) is 5.92 Å². The average Bonchev–Trinajstić information content (AvgIpc) is 3.28. The standard InChI is InChI=1S/C15H13ClN4O2/c16-13-3-2-11(20-6-1-5-17-20)8-12(13)15-18-14(19-22-15)10-4-7-21-9-10/h1-3,5-6,8,10H,4,7,9H2/t10-/m0/s1. The Bertz CT molecular complexity index is 779. The minimum Gasteiger partial charge on any atom is -0.381 e. The minimum absolute atomic E-state index is 0.200. The van der Waals surface area contributed by atoms with E-state index in [0.29, 0.717) is 28.9 Å². The van der Waals surface area contributed by atoms with Crippen molar-refractivity contribution in [2.75, 3.05) is 13.2 Å². The Kier molecular flexibility index (Phi) is 3.40. The fraction of sp³-hybridized carbons (Fsp3) is 0.267. The summed E-state index contributed by atoms with van der Waals surface area (Å²) in [6.45, 7) is 1.38. The first-order valence-electron chi connectivity index (χ1n) is 7.02. The van der Waals surface area contributed by atoms with Crippen LogP contribution in [0.3, 0.4) is 0 Å². The zero-order valence-corrected chi connectivity index (χ0v) is 12.4. The number of hydrogen-bond acceptors (Lipinski definition) is 5. The zero-order chi connectivity index (χ0) is 14.9. The van der Waals surface area contributed by atoms with Crippen LogP contribution in [0.5, 0.6) is 0 Å². The molecule has 1 atom stereocenters. The van der Waals surface area contributed by atoms with Gasteiger partial charge >= 0.3 is 0 Å². The van der Waals surface area contributed by atoms with E-state index in [0.717, 1.165) is 18.7 Å². The predicted molar refractivity (Wildman–Crippen MR) is 80.0 cm³/mol. The van der Waals surface area contributed by atoms with Crippen molar-refractivity contribution in [3.05, 3.63) is 47.5 Å². The molecule has 1 aromatic carbocycles. The third-order valence-electron chi connectivity index (χ3n) is 3.69. The molecule has 112 valence electrons. The van der Waals surface area contributed by atoms with Crippen molar-refractivity contribution < 1.29 is 9.26 Å². The van der Waals surface area contributed by atoms with E-state index in [1.54, 1.807) is 16.9 Å². The molecule has 6 nitrogen and oxygen atoms in total. The lowest BCUT2D eigenvalue weighted by atomic mass is 10.1. The molecule has 0 bridgehead atoms. The van der Waals surface area contributed by atoms with Gasteiger partial charge in [0.2, 0.25) is 0 Å². The summed E-state index contributed by atoms with van der Waals surface area (Å²) in [6.07, 6.45) is 4.50. The lowest BCUT2D eigenvalue weighted by Gasteiger charge is -2.04. The van der Waals surface area contributed by atoms with Gasteiger partial charge in [0.15, 0.2) is 5.82 Å². The SMILES string of the molecule is Clc1ccc(-n2cccn2)cc1-c1nc([C@H]2CCOC2)no1. The normalized spacial score (nSPS) is 18.0. The molecule has 1 saturated heterocycles. The van der Waals surface area contributed by atoms with E-state index in [2.05, 4.69) is 15.2 Å². The largest absolute Gasteiger partial charge is 0.381 e. The van der Waals surface area contributed by atoms with E-state index in [4.69, 9.17) is 20.9 Å². The number of rotatable bonds is 3. The molecule has 22 heavy (non-hydrogen) atoms. The average molecular weight is 317 g/mol. The van der Waals surface area contributed by atoms with Gasteiger partial charge in [-0.05, 0) is 30.7 Å². The minimum atomic E-state index is 0.200. The Balaban J connectivity index is 1.71. The van der Waals surface area contributed by atoms with Gasteiger partial charge in [-0.3, -0.25) is 0 Å². The fourth-order valence-corrected chi connectivity index (χ4v) is 2.69. The van der Waals surface area contributed by atoms with E-state index in [1.165, 1.54) is 0 Å². The van der Waals surface area contributed by atoms with Crippen molar-refractivity contribution in [1.29, 1.82) is 0 Å². The molecule has 7 heteroatoms. The van der Waals surface area contributed by atoms with Crippen LogP contribution in [-0.2, 0) is 4.74 Å². The van der Waals surface area contributed by atoms with Gasteiger partial charge in [0.05, 0.1) is 22.9 Å². The number of nitrogens with zero attached hydrogens (tertiary/aromatic N) is 4. The molecule has 0 amide bonds. The van der Waals surface area contributed by atoms with Gasteiger partial charge in [-0.15, -0.1) is 0 Å². The first-order valence-corrected chi connectivity index (χ1v) is 7.40. The number of aromatic nitrogens is 4. The molecule has 3 heterocycles. The van der Waals surface area contributed by atoms with Crippen LogP contribution < -0.4 is 0 Å². The van der Waals surface area contributed by atoms with Gasteiger partial charge in [-0.2, -0.15) is 10.1 Å². The summed E-state index contributed by atoms with van der Waals surface area (Å²) >= 11 is 6.28. The highest BCUT2D eigenvalue weighted by Gasteiger charge is 2.24. The second-order valence-corrected chi connectivity index (χ2v) is 5.54. The van der Waals surface area contributed by atoms with Gasteiger partial charge in [-0.25, -0.2) is 4.68 Å². The quantitative estimate of drug-likeness (QED) is 0.743. The lowest BCUT2D eigenvalue weighted by Crippen LogP contribution is -1.99. The van der Waals surface area contributed by atoms with Crippen LogP contribution in [-0.4, -0.2) is 33.1 Å². The summed E-state index contributed by atoms with van der Waals surface area (Å²) in [6, 6.07) is 7.44. The van der Waals surface area contributed by atoms with Crippen LogP contribution in [0.4, 0.5) is 0 Å². The summed E-state index contributed by atoms with van der Waals surface area (Å²) in [5, 5.41) is 8.83. The molecule has 4 rings (SSSR count). The van der Waals surface area contributed by atoms with Crippen LogP contribution in [0.15, 0.2) is 41.2 Å². The molecule has 1 aliphatic rings. The molecule has 0 saturated carbocycles. The van der Waals surface area contributed by atoms with Crippen LogP contribution >= 0.6 is 11.6 Å². The molecule has 0 unspecified atom stereocenters. The maximum atomic E-state index is 6.28. The molecule has 0 aliphatic carbocycles. The Labute approximate surface area is 131 Å². The number of benzene rings is 1. The smallest absolute Gasteiger partial charge is 0.259 e. The van der Waals surface area contributed by atoms with Gasteiger partial charge < -0.3 is 9.26 Å². The molecule has 0 spiro atoms. The van der Waals surface area contributed by atoms with Crippen LogP contribution in [0.1, 0.15) is 18.2 Å². The van der Waals surface area contributed by atoms with Crippen molar-refractivity contribution >= 4 is 11.6 Å². The van der Waals surface area contributed by atoms with Gasteiger partial charge in [0.1, 0.15) is 0 Å². The summed E-state index contributed by atoms with van der Waals surface area (Å²) in [4.78, 5) is 4.47. The Morgan fingerprint density at radius 2 is 2.27 bits per heavy atom. The maximum absolute atomic E-state index is 6.28. The van der Waals surface area contributed by atoms with E-state index < -0.39 is 0 Å². The van der Waals surface area contributed by atoms with Crippen LogP contribution in [0.25, 0.3) is 17.1 Å². The summed E-state index contributed by atoms with van der Waals surface area (Å²) in [5.74, 6) is 1.29. The van der Waals surface area contributed by atoms with Gasteiger partial charge in [0, 0.05) is 24.9 Å². The van der Waals surface area contributed by atoms with Gasteiger partial charge in [-0.1, -0.05) is 16.8 Å². The predicted octanol–water partition coefficient (Wildman–Crippen LogP) is 3.08. The summed E-state index contributed by atoms with van der Waals surface area (Å²) in [5.41, 5.74) is 1.58. The topological polar surface area (TPSA) is 66.0 Å². The molecule has 0 radical (unpaired) electrons. The van der Waals surface area contributed by atoms with Gasteiger partial charge in [0.25, 0.3) is 5.89 Å². The van der Waals surface area contributed by atoms with E-state index >= 15 is 0 Å². The van der Waals surface area contributed by atoms with Crippen LogP contribution in [0.2, 0.25) is 5.02 Å². The third-order valence-corrected chi connectivity index (χ3v) is 4.02. The Hall–Kier alpha value is -2.18. The maximum Gasteiger partial charge on any atom is 0.259 e. The molecule has 1 aliphatic heterocycles. The molecular formula is C15H13ClN4O2. The van der Waals surface area contributed by atoms with Crippen LogP contribution in [0, 0.1) is 0 Å². The number of ether oxygens (including phenoxy) is 1. The van der Waals surface area contributed by atoms with E-state index in [9.17, 15) is 0 Å². The zero-order valence-electron chi connectivity index (χ0n) is 11.6. The fourth-order valence-electron chi connectivity index (χ4n) is 2.49. The second kappa shape index (κ2) is 5.55. The number of hydrogen-bond donors (Lipinski definition) is 0. The summed E-state index contributed by atoms with van der Waals surface area (Å²) < 4.78 is 12.5. The molecular weight excluding hydrogens is 304 g/mol. The van der Waals surface area contributed by atoms with Crippen molar-refractivity contribution in [1.82, 2.24) is 19.9 Å². The monoisotopic (exact) mass is 316 g/mol. The first kappa shape index (κ1) is 13.5. The molecule has 3 aromatic rings. The Morgan fingerprint density at radius 3 is 3.05 bits per heavy atom. The highest BCUT2D eigenvalue weighted by atomic mass is 35.5. The van der Waals surface area contributed by atoms with Crippen molar-refractivity contribution in [2.45, 2.75) is 12.3 Å². The molecule has 0 N–H and O–H groups in total. The second-order valence-electron chi connectivity index (χ2n) is 5.13. The van der Waals surface area contributed by atoms with E-state index in [1.807, 2.05) is 24.4 Å². The Morgan fingerprint density at radius 1 is 1.32 bits per heavy atom. The van der Waals surface area contributed by atoms with Crippen molar-refractivity contribution in [3.63, 3.8) is 0 Å². The van der Waals surface area contributed by atoms with Crippen molar-refractivity contribution in [2.24, 2.45) is 0 Å². The molecule has 2 aromatic heterocycles. The summed E-state index contributed by atoms with van der Waals surface area (Å²) in [7, 11) is 0. The lowest BCUT2D eigenvalue weighted by molar-refractivity contribution is 0.192. The first-order chi connectivity index (χ1) is 10.8. The number of halogens is 1.